The van der Waals surface area contributed by atoms with Crippen molar-refractivity contribution in [2.75, 3.05) is 18.5 Å². The number of benzene rings is 1. The van der Waals surface area contributed by atoms with E-state index >= 15 is 0 Å². The number of carbonyl (C=O) groups is 1. The predicted octanol–water partition coefficient (Wildman–Crippen LogP) is 3.31. The van der Waals surface area contributed by atoms with E-state index in [2.05, 4.69) is 35.7 Å². The van der Waals surface area contributed by atoms with Crippen LogP contribution < -0.4 is 15.4 Å². The molecule has 0 aliphatic carbocycles. The highest BCUT2D eigenvalue weighted by Gasteiger charge is 2.05. The summed E-state index contributed by atoms with van der Waals surface area (Å²) in [5, 5.41) is 8.95. The van der Waals surface area contributed by atoms with Gasteiger partial charge in [-0.05, 0) is 30.5 Å². The maximum Gasteiger partial charge on any atom is 0.320 e. The normalized spacial score (nSPS) is 10.5. The molecule has 0 unspecified atom stereocenters. The molecule has 0 saturated carbocycles. The minimum atomic E-state index is -0.340. The van der Waals surface area contributed by atoms with Crippen molar-refractivity contribution in [2.24, 2.45) is 0 Å². The van der Waals surface area contributed by atoms with E-state index in [1.165, 1.54) is 5.56 Å². The number of ether oxygens (including phenoxy) is 1. The maximum absolute atomic E-state index is 11.6. The smallest absolute Gasteiger partial charge is 0.320 e. The molecular weight excluding hydrogens is 282 g/mol. The van der Waals surface area contributed by atoms with Gasteiger partial charge in [0.2, 0.25) is 0 Å². The summed E-state index contributed by atoms with van der Waals surface area (Å²) < 4.78 is 10.5. The van der Waals surface area contributed by atoms with Crippen LogP contribution in [0.4, 0.5) is 10.6 Å². The monoisotopic (exact) mass is 303 g/mol. The van der Waals surface area contributed by atoms with Crippen LogP contribution in [0, 0.1) is 6.92 Å². The van der Waals surface area contributed by atoms with Crippen molar-refractivity contribution in [3.05, 3.63) is 41.7 Å². The first kappa shape index (κ1) is 15.9. The number of anilines is 1. The van der Waals surface area contributed by atoms with Crippen LogP contribution in [0.3, 0.4) is 0 Å². The summed E-state index contributed by atoms with van der Waals surface area (Å²) in [5.74, 6) is 2.29. The molecule has 2 aromatic rings. The Hall–Kier alpha value is -2.50. The number of urea groups is 1. The van der Waals surface area contributed by atoms with E-state index in [1.807, 2.05) is 18.2 Å². The van der Waals surface area contributed by atoms with Crippen LogP contribution in [0.1, 0.15) is 31.1 Å². The average molecular weight is 303 g/mol. The minimum absolute atomic E-state index is 0.340. The fraction of sp³-hybridized carbons (Fsp3) is 0.375. The molecule has 118 valence electrons. The van der Waals surface area contributed by atoms with Crippen LogP contribution in [-0.2, 0) is 0 Å². The molecule has 6 heteroatoms. The third-order valence-electron chi connectivity index (χ3n) is 3.05. The van der Waals surface area contributed by atoms with Crippen molar-refractivity contribution >= 4 is 11.8 Å². The summed E-state index contributed by atoms with van der Waals surface area (Å²) in [6, 6.07) is 9.27. The quantitative estimate of drug-likeness (QED) is 0.803. The Morgan fingerprint density at radius 1 is 1.36 bits per heavy atom. The van der Waals surface area contributed by atoms with E-state index in [1.54, 1.807) is 13.0 Å². The Kier molecular flexibility index (Phi) is 5.41. The highest BCUT2D eigenvalue weighted by Crippen LogP contribution is 2.19. The van der Waals surface area contributed by atoms with Crippen molar-refractivity contribution in [3.63, 3.8) is 0 Å². The molecule has 0 bridgehead atoms. The van der Waals surface area contributed by atoms with Crippen LogP contribution in [0.15, 0.2) is 34.9 Å². The number of aryl methyl sites for hydroxylation is 1. The lowest BCUT2D eigenvalue weighted by Gasteiger charge is -2.10. The molecule has 6 nitrogen and oxygen atoms in total. The van der Waals surface area contributed by atoms with Gasteiger partial charge in [-0.3, -0.25) is 5.32 Å². The molecule has 2 amide bonds. The van der Waals surface area contributed by atoms with Gasteiger partial charge in [-0.1, -0.05) is 31.1 Å². The zero-order valence-corrected chi connectivity index (χ0v) is 13.1. The molecule has 1 aromatic carbocycles. The number of carbonyl (C=O) groups excluding carboxylic acids is 1. The zero-order valence-electron chi connectivity index (χ0n) is 13.1. The average Bonchev–Trinajstić information content (AvgIpc) is 2.89. The van der Waals surface area contributed by atoms with Gasteiger partial charge in [0, 0.05) is 6.07 Å². The van der Waals surface area contributed by atoms with Gasteiger partial charge < -0.3 is 14.6 Å². The van der Waals surface area contributed by atoms with Gasteiger partial charge in [-0.15, -0.1) is 0 Å². The molecule has 2 rings (SSSR count). The van der Waals surface area contributed by atoms with E-state index in [0.717, 1.165) is 5.75 Å². The lowest BCUT2D eigenvalue weighted by Crippen LogP contribution is -2.32. The third kappa shape index (κ3) is 4.80. The van der Waals surface area contributed by atoms with Gasteiger partial charge in [-0.25, -0.2) is 4.79 Å². The molecular formula is C16H21N3O3. The zero-order chi connectivity index (χ0) is 15.9. The van der Waals surface area contributed by atoms with Crippen molar-refractivity contribution in [1.29, 1.82) is 0 Å². The molecule has 1 aromatic heterocycles. The Morgan fingerprint density at radius 2 is 2.18 bits per heavy atom. The first-order chi connectivity index (χ1) is 10.5. The first-order valence-electron chi connectivity index (χ1n) is 7.25. The largest absolute Gasteiger partial charge is 0.492 e. The summed E-state index contributed by atoms with van der Waals surface area (Å²) >= 11 is 0. The highest BCUT2D eigenvalue weighted by atomic mass is 16.5. The number of nitrogens with zero attached hydrogens (tertiary/aromatic N) is 1. The standard InChI is InChI=1S/C16H21N3O3/c1-11(2)13-5-4-6-14(10-13)21-8-7-17-16(20)18-15-9-12(3)22-19-15/h4-6,9-11H,7-8H2,1-3H3,(H2,17,18,19,20). The highest BCUT2D eigenvalue weighted by molar-refractivity contribution is 5.88. The van der Waals surface area contributed by atoms with Gasteiger partial charge in [-0.2, -0.15) is 0 Å². The first-order valence-corrected chi connectivity index (χ1v) is 7.25. The molecule has 0 radical (unpaired) electrons. The van der Waals surface area contributed by atoms with Crippen LogP contribution in [-0.4, -0.2) is 24.3 Å². The van der Waals surface area contributed by atoms with E-state index in [9.17, 15) is 4.79 Å². The summed E-state index contributed by atoms with van der Waals surface area (Å²) in [7, 11) is 0. The fourth-order valence-corrected chi connectivity index (χ4v) is 1.88. The molecule has 2 N–H and O–H groups in total. The lowest BCUT2D eigenvalue weighted by molar-refractivity contribution is 0.247. The van der Waals surface area contributed by atoms with E-state index < -0.39 is 0 Å². The molecule has 1 heterocycles. The number of hydrogen-bond acceptors (Lipinski definition) is 4. The van der Waals surface area contributed by atoms with Gasteiger partial charge in [0.25, 0.3) is 0 Å². The van der Waals surface area contributed by atoms with Gasteiger partial charge in [0.05, 0.1) is 6.54 Å². The molecule has 0 atom stereocenters. The van der Waals surface area contributed by atoms with Crippen molar-refractivity contribution in [1.82, 2.24) is 10.5 Å². The number of hydrogen-bond donors (Lipinski definition) is 2. The Labute approximate surface area is 129 Å². The van der Waals surface area contributed by atoms with Crippen LogP contribution >= 0.6 is 0 Å². The predicted molar refractivity (Wildman–Crippen MR) is 84.3 cm³/mol. The summed E-state index contributed by atoms with van der Waals surface area (Å²) in [5.41, 5.74) is 1.23. The Balaban J connectivity index is 1.70. The van der Waals surface area contributed by atoms with Gasteiger partial charge in [0.1, 0.15) is 18.1 Å². The lowest BCUT2D eigenvalue weighted by atomic mass is 10.0. The molecule has 0 fully saturated rings. The minimum Gasteiger partial charge on any atom is -0.492 e. The molecule has 0 saturated heterocycles. The second-order valence-corrected chi connectivity index (χ2v) is 5.28. The van der Waals surface area contributed by atoms with Crippen LogP contribution in [0.2, 0.25) is 0 Å². The number of amides is 2. The SMILES string of the molecule is Cc1cc(NC(=O)NCCOc2cccc(C(C)C)c2)no1. The topological polar surface area (TPSA) is 76.4 Å². The summed E-state index contributed by atoms with van der Waals surface area (Å²) in [6.07, 6.45) is 0. The van der Waals surface area contributed by atoms with Crippen molar-refractivity contribution < 1.29 is 14.1 Å². The fourth-order valence-electron chi connectivity index (χ4n) is 1.88. The maximum atomic E-state index is 11.6. The molecule has 0 spiro atoms. The van der Waals surface area contributed by atoms with Crippen molar-refractivity contribution in [2.45, 2.75) is 26.7 Å². The molecule has 0 aliphatic rings. The third-order valence-corrected chi connectivity index (χ3v) is 3.05. The summed E-state index contributed by atoms with van der Waals surface area (Å²) in [4.78, 5) is 11.6. The van der Waals surface area contributed by atoms with E-state index in [-0.39, 0.29) is 6.03 Å². The summed E-state index contributed by atoms with van der Waals surface area (Å²) in [6.45, 7) is 6.82. The van der Waals surface area contributed by atoms with E-state index in [0.29, 0.717) is 30.6 Å². The second kappa shape index (κ2) is 7.49. The molecule has 0 aliphatic heterocycles. The van der Waals surface area contributed by atoms with Gasteiger partial charge >= 0.3 is 6.03 Å². The second-order valence-electron chi connectivity index (χ2n) is 5.28. The van der Waals surface area contributed by atoms with E-state index in [4.69, 9.17) is 9.26 Å². The van der Waals surface area contributed by atoms with Gasteiger partial charge in [0.15, 0.2) is 5.82 Å². The van der Waals surface area contributed by atoms with Crippen molar-refractivity contribution in [3.8, 4) is 5.75 Å². The number of aromatic nitrogens is 1. The van der Waals surface area contributed by atoms with Crippen LogP contribution in [0.5, 0.6) is 5.75 Å². The Morgan fingerprint density at radius 3 is 2.86 bits per heavy atom. The molecule has 22 heavy (non-hydrogen) atoms. The number of rotatable bonds is 6. The van der Waals surface area contributed by atoms with Crippen LogP contribution in [0.25, 0.3) is 0 Å². The Bertz CT molecular complexity index is 623. The number of nitrogens with one attached hydrogen (secondary N) is 2.